The quantitative estimate of drug-likeness (QED) is 0.848. The molecule has 1 amide bonds. The lowest BCUT2D eigenvalue weighted by Gasteiger charge is -2.35. The van der Waals surface area contributed by atoms with E-state index < -0.39 is 9.84 Å². The largest absolute Gasteiger partial charge is 0.356 e. The average molecular weight is 301 g/mol. The highest BCUT2D eigenvalue weighted by atomic mass is 35.5. The summed E-state index contributed by atoms with van der Waals surface area (Å²) < 4.78 is 23.2. The highest BCUT2D eigenvalue weighted by molar-refractivity contribution is 7.91. The van der Waals surface area contributed by atoms with Gasteiger partial charge in [-0.15, -0.1) is 0 Å². The average Bonchev–Trinajstić information content (AvgIpc) is 2.69. The first kappa shape index (κ1) is 12.7. The summed E-state index contributed by atoms with van der Waals surface area (Å²) in [5, 5.41) is 3.34. The molecular formula is C12H13ClN2O3S. The molecular weight excluding hydrogens is 288 g/mol. The van der Waals surface area contributed by atoms with Gasteiger partial charge in [0.1, 0.15) is 0 Å². The summed E-state index contributed by atoms with van der Waals surface area (Å²) >= 11 is 5.98. The van der Waals surface area contributed by atoms with Gasteiger partial charge in [0.15, 0.2) is 9.84 Å². The molecule has 2 heterocycles. The molecule has 1 unspecified atom stereocenters. The molecule has 1 aromatic carbocycles. The van der Waals surface area contributed by atoms with Crippen molar-refractivity contribution >= 4 is 38.7 Å². The Hall–Kier alpha value is -1.27. The summed E-state index contributed by atoms with van der Waals surface area (Å²) in [6.07, 6.45) is 0.557. The molecule has 0 bridgehead atoms. The topological polar surface area (TPSA) is 66.5 Å². The fraction of sp³-hybridized carbons (Fsp3) is 0.417. The fourth-order valence-corrected chi connectivity index (χ4v) is 4.52. The van der Waals surface area contributed by atoms with Gasteiger partial charge < -0.3 is 10.2 Å². The van der Waals surface area contributed by atoms with Gasteiger partial charge in [-0.05, 0) is 24.6 Å². The van der Waals surface area contributed by atoms with Crippen LogP contribution in [0.15, 0.2) is 18.2 Å². The number of nitrogens with one attached hydrogen (secondary N) is 1. The van der Waals surface area contributed by atoms with Crippen molar-refractivity contribution in [3.63, 3.8) is 0 Å². The van der Waals surface area contributed by atoms with E-state index in [1.807, 2.05) is 4.90 Å². The normalized spacial score (nSPS) is 25.0. The lowest BCUT2D eigenvalue weighted by molar-refractivity contribution is -0.115. The van der Waals surface area contributed by atoms with Gasteiger partial charge in [-0.2, -0.15) is 0 Å². The van der Waals surface area contributed by atoms with E-state index >= 15 is 0 Å². The number of carbonyl (C=O) groups is 1. The number of anilines is 2. The maximum absolute atomic E-state index is 11.7. The fourth-order valence-electron chi connectivity index (χ4n) is 2.62. The van der Waals surface area contributed by atoms with Crippen molar-refractivity contribution in [2.45, 2.75) is 12.5 Å². The van der Waals surface area contributed by atoms with E-state index in [1.54, 1.807) is 18.2 Å². The molecule has 1 aromatic rings. The molecule has 2 aliphatic heterocycles. The standard InChI is InChI=1S/C12H13ClN2O3S/c13-8-1-2-10-11(5-8)15(6-12(16)14-10)9-3-4-19(17,18)7-9/h1-2,5,9H,3-4,6-7H2,(H,14,16). The molecule has 19 heavy (non-hydrogen) atoms. The van der Waals surface area contributed by atoms with Crippen molar-refractivity contribution in [2.24, 2.45) is 0 Å². The van der Waals surface area contributed by atoms with Gasteiger partial charge in [0, 0.05) is 11.1 Å². The Bertz CT molecular complexity index is 644. The number of fused-ring (bicyclic) bond motifs is 1. The van der Waals surface area contributed by atoms with Gasteiger partial charge in [0.2, 0.25) is 5.91 Å². The zero-order chi connectivity index (χ0) is 13.6. The minimum absolute atomic E-state index is 0.103. The number of rotatable bonds is 1. The van der Waals surface area contributed by atoms with Crippen LogP contribution in [-0.4, -0.2) is 38.4 Å². The lowest BCUT2D eigenvalue weighted by atomic mass is 10.1. The van der Waals surface area contributed by atoms with Crippen molar-refractivity contribution in [3.05, 3.63) is 23.2 Å². The molecule has 0 radical (unpaired) electrons. The smallest absolute Gasteiger partial charge is 0.243 e. The summed E-state index contributed by atoms with van der Waals surface area (Å²) in [6.45, 7) is 0.174. The van der Waals surface area contributed by atoms with E-state index in [-0.39, 0.29) is 30.0 Å². The first-order valence-electron chi connectivity index (χ1n) is 6.01. The Morgan fingerprint density at radius 2 is 2.16 bits per heavy atom. The van der Waals surface area contributed by atoms with Crippen molar-refractivity contribution in [3.8, 4) is 0 Å². The molecule has 7 heteroatoms. The SMILES string of the molecule is O=C1CN(C2CCS(=O)(=O)C2)c2cc(Cl)ccc2N1. The maximum atomic E-state index is 11.7. The number of nitrogens with zero attached hydrogens (tertiary/aromatic N) is 1. The number of sulfone groups is 1. The molecule has 1 N–H and O–H groups in total. The van der Waals surface area contributed by atoms with E-state index in [4.69, 9.17) is 11.6 Å². The second-order valence-electron chi connectivity index (χ2n) is 4.89. The number of benzene rings is 1. The molecule has 0 saturated carbocycles. The Kier molecular flexibility index (Phi) is 2.94. The summed E-state index contributed by atoms with van der Waals surface area (Å²) in [5.74, 6) is 0.164. The van der Waals surface area contributed by atoms with Gasteiger partial charge >= 0.3 is 0 Å². The Labute approximate surface area is 116 Å². The molecule has 2 aliphatic rings. The molecule has 3 rings (SSSR count). The second kappa shape index (κ2) is 4.38. The zero-order valence-electron chi connectivity index (χ0n) is 10.1. The van der Waals surface area contributed by atoms with Gasteiger partial charge in [-0.25, -0.2) is 8.42 Å². The van der Waals surface area contributed by atoms with Gasteiger partial charge in [-0.1, -0.05) is 11.6 Å². The maximum Gasteiger partial charge on any atom is 0.243 e. The highest BCUT2D eigenvalue weighted by Gasteiger charge is 2.36. The van der Waals surface area contributed by atoms with Gasteiger partial charge in [0.25, 0.3) is 0 Å². The number of hydrogen-bond donors (Lipinski definition) is 1. The summed E-state index contributed by atoms with van der Waals surface area (Å²) in [7, 11) is -2.98. The van der Waals surface area contributed by atoms with Gasteiger partial charge in [0.05, 0.1) is 29.4 Å². The number of hydrogen-bond acceptors (Lipinski definition) is 4. The predicted molar refractivity (Wildman–Crippen MR) is 74.5 cm³/mol. The van der Waals surface area contributed by atoms with Gasteiger partial charge in [-0.3, -0.25) is 4.79 Å². The molecule has 1 atom stereocenters. The first-order valence-corrected chi connectivity index (χ1v) is 8.21. The van der Waals surface area contributed by atoms with Crippen LogP contribution in [-0.2, 0) is 14.6 Å². The van der Waals surface area contributed by atoms with E-state index in [2.05, 4.69) is 5.32 Å². The molecule has 0 spiro atoms. The molecule has 0 aromatic heterocycles. The van der Waals surface area contributed by atoms with Crippen LogP contribution in [0.1, 0.15) is 6.42 Å². The van der Waals surface area contributed by atoms with E-state index in [1.165, 1.54) is 0 Å². The van der Waals surface area contributed by atoms with Crippen LogP contribution in [0.25, 0.3) is 0 Å². The van der Waals surface area contributed by atoms with Crippen molar-refractivity contribution in [1.82, 2.24) is 0 Å². The molecule has 1 fully saturated rings. The Balaban J connectivity index is 1.99. The van der Waals surface area contributed by atoms with Crippen LogP contribution >= 0.6 is 11.6 Å². The number of carbonyl (C=O) groups excluding carboxylic acids is 1. The summed E-state index contributed by atoms with van der Waals surface area (Å²) in [4.78, 5) is 13.6. The van der Waals surface area contributed by atoms with Crippen molar-refractivity contribution in [1.29, 1.82) is 0 Å². The van der Waals surface area contributed by atoms with Crippen LogP contribution < -0.4 is 10.2 Å². The first-order chi connectivity index (χ1) is 8.94. The Morgan fingerprint density at radius 1 is 1.37 bits per heavy atom. The summed E-state index contributed by atoms with van der Waals surface area (Å²) in [5.41, 5.74) is 1.49. The third-order valence-corrected chi connectivity index (χ3v) is 5.49. The van der Waals surface area contributed by atoms with Crippen molar-refractivity contribution in [2.75, 3.05) is 28.3 Å². The second-order valence-corrected chi connectivity index (χ2v) is 7.56. The Morgan fingerprint density at radius 3 is 2.84 bits per heavy atom. The number of halogens is 1. The van der Waals surface area contributed by atoms with Crippen LogP contribution in [0.3, 0.4) is 0 Å². The van der Waals surface area contributed by atoms with E-state index in [0.717, 1.165) is 5.69 Å². The summed E-state index contributed by atoms with van der Waals surface area (Å²) in [6, 6.07) is 5.07. The third kappa shape index (κ3) is 2.42. The molecule has 1 saturated heterocycles. The zero-order valence-corrected chi connectivity index (χ0v) is 11.7. The third-order valence-electron chi connectivity index (χ3n) is 3.51. The van der Waals surface area contributed by atoms with Crippen molar-refractivity contribution < 1.29 is 13.2 Å². The molecule has 0 aliphatic carbocycles. The predicted octanol–water partition coefficient (Wildman–Crippen LogP) is 1.29. The monoisotopic (exact) mass is 300 g/mol. The van der Waals surface area contributed by atoms with E-state index in [9.17, 15) is 13.2 Å². The minimum atomic E-state index is -2.98. The molecule has 102 valence electrons. The molecule has 5 nitrogen and oxygen atoms in total. The number of amides is 1. The van der Waals surface area contributed by atoms with Crippen LogP contribution in [0.4, 0.5) is 11.4 Å². The minimum Gasteiger partial charge on any atom is -0.356 e. The van der Waals surface area contributed by atoms with E-state index in [0.29, 0.717) is 17.1 Å². The van der Waals surface area contributed by atoms with Crippen LogP contribution in [0, 0.1) is 0 Å². The highest BCUT2D eigenvalue weighted by Crippen LogP contribution is 2.35. The van der Waals surface area contributed by atoms with Crippen LogP contribution in [0.5, 0.6) is 0 Å². The lowest BCUT2D eigenvalue weighted by Crippen LogP contribution is -2.45. The van der Waals surface area contributed by atoms with Crippen LogP contribution in [0.2, 0.25) is 5.02 Å².